The zero-order valence-electron chi connectivity index (χ0n) is 16.4. The van der Waals surface area contributed by atoms with Gasteiger partial charge in [-0.2, -0.15) is 10.1 Å². The molecule has 0 aliphatic rings. The van der Waals surface area contributed by atoms with E-state index in [1.165, 1.54) is 4.57 Å². The second-order valence-electron chi connectivity index (χ2n) is 6.92. The van der Waals surface area contributed by atoms with Crippen LogP contribution < -0.4 is 16.7 Å². The van der Waals surface area contributed by atoms with E-state index in [9.17, 15) is 9.59 Å². The molecule has 2 N–H and O–H groups in total. The Hall–Kier alpha value is -3.46. The molecule has 0 saturated heterocycles. The van der Waals surface area contributed by atoms with Gasteiger partial charge in [-0.3, -0.25) is 18.9 Å². The molecule has 0 atom stereocenters. The van der Waals surface area contributed by atoms with Crippen LogP contribution in [-0.4, -0.2) is 25.3 Å². The minimum atomic E-state index is -0.516. The lowest BCUT2D eigenvalue weighted by molar-refractivity contribution is 0.808. The molecule has 0 bridgehead atoms. The summed E-state index contributed by atoms with van der Waals surface area (Å²) >= 11 is 3.40. The number of imidazole rings is 1. The zero-order valence-corrected chi connectivity index (χ0v) is 18.0. The van der Waals surface area contributed by atoms with Gasteiger partial charge in [-0.05, 0) is 30.2 Å². The number of aromatic amines is 1. The SMILES string of the molecule is Cc1ccc(Cn2c(N/N=C\c3ccc(Br)cc3)nc3c2c(=O)[nH]c(=O)n3C)cc1. The summed E-state index contributed by atoms with van der Waals surface area (Å²) in [5, 5.41) is 4.26. The molecule has 8 nitrogen and oxygen atoms in total. The zero-order chi connectivity index (χ0) is 21.3. The molecule has 0 radical (unpaired) electrons. The largest absolute Gasteiger partial charge is 0.329 e. The van der Waals surface area contributed by atoms with E-state index in [2.05, 4.69) is 36.4 Å². The fourth-order valence-corrected chi connectivity index (χ4v) is 3.33. The van der Waals surface area contributed by atoms with Gasteiger partial charge in [0.25, 0.3) is 5.56 Å². The first-order valence-electron chi connectivity index (χ1n) is 9.22. The Morgan fingerprint density at radius 1 is 1.13 bits per heavy atom. The molecule has 0 unspecified atom stereocenters. The molecule has 2 aromatic carbocycles. The third-order valence-corrected chi connectivity index (χ3v) is 5.25. The molecular weight excluding hydrogens is 448 g/mol. The predicted molar refractivity (Wildman–Crippen MR) is 121 cm³/mol. The summed E-state index contributed by atoms with van der Waals surface area (Å²) in [4.78, 5) is 31.4. The number of benzene rings is 2. The summed E-state index contributed by atoms with van der Waals surface area (Å²) < 4.78 is 4.01. The van der Waals surface area contributed by atoms with Crippen molar-refractivity contribution in [2.24, 2.45) is 12.1 Å². The molecule has 2 heterocycles. The number of rotatable bonds is 5. The fourth-order valence-electron chi connectivity index (χ4n) is 3.06. The van der Waals surface area contributed by atoms with E-state index in [1.54, 1.807) is 17.8 Å². The first-order valence-corrected chi connectivity index (χ1v) is 10.0. The maximum atomic E-state index is 12.6. The highest BCUT2D eigenvalue weighted by atomic mass is 79.9. The van der Waals surface area contributed by atoms with Crippen LogP contribution >= 0.6 is 15.9 Å². The van der Waals surface area contributed by atoms with Crippen molar-refractivity contribution >= 4 is 39.3 Å². The van der Waals surface area contributed by atoms with Gasteiger partial charge in [0.15, 0.2) is 11.2 Å². The molecule has 2 aromatic heterocycles. The number of nitrogens with zero attached hydrogens (tertiary/aromatic N) is 4. The van der Waals surface area contributed by atoms with E-state index in [-0.39, 0.29) is 5.65 Å². The second-order valence-corrected chi connectivity index (χ2v) is 7.83. The smallest absolute Gasteiger partial charge is 0.298 e. The van der Waals surface area contributed by atoms with Crippen LogP contribution in [0.15, 0.2) is 67.7 Å². The minimum Gasteiger partial charge on any atom is -0.298 e. The lowest BCUT2D eigenvalue weighted by Crippen LogP contribution is -2.29. The molecule has 0 spiro atoms. The van der Waals surface area contributed by atoms with Gasteiger partial charge in [-0.25, -0.2) is 10.2 Å². The number of aromatic nitrogens is 4. The topological polar surface area (TPSA) is 97.1 Å². The lowest BCUT2D eigenvalue weighted by Gasteiger charge is -2.08. The second kappa shape index (κ2) is 8.11. The molecule has 152 valence electrons. The molecule has 0 amide bonds. The van der Waals surface area contributed by atoms with Crippen LogP contribution in [-0.2, 0) is 13.6 Å². The van der Waals surface area contributed by atoms with Gasteiger partial charge in [0, 0.05) is 11.5 Å². The van der Waals surface area contributed by atoms with Crippen molar-refractivity contribution < 1.29 is 0 Å². The Morgan fingerprint density at radius 2 is 1.83 bits per heavy atom. The third kappa shape index (κ3) is 3.97. The molecule has 0 aliphatic carbocycles. The number of fused-ring (bicyclic) bond motifs is 1. The van der Waals surface area contributed by atoms with E-state index >= 15 is 0 Å². The summed E-state index contributed by atoms with van der Waals surface area (Å²) in [5.41, 5.74) is 5.54. The maximum absolute atomic E-state index is 12.6. The van der Waals surface area contributed by atoms with Crippen LogP contribution in [0.4, 0.5) is 5.95 Å². The molecule has 4 rings (SSSR count). The highest BCUT2D eigenvalue weighted by Crippen LogP contribution is 2.18. The Morgan fingerprint density at radius 3 is 2.53 bits per heavy atom. The first kappa shape index (κ1) is 19.8. The quantitative estimate of drug-likeness (QED) is 0.349. The van der Waals surface area contributed by atoms with Crippen LogP contribution in [0.5, 0.6) is 0 Å². The van der Waals surface area contributed by atoms with E-state index in [1.807, 2.05) is 55.5 Å². The number of H-pyrrole nitrogens is 1. The van der Waals surface area contributed by atoms with E-state index < -0.39 is 11.2 Å². The van der Waals surface area contributed by atoms with E-state index in [4.69, 9.17) is 0 Å². The number of nitrogens with one attached hydrogen (secondary N) is 2. The van der Waals surface area contributed by atoms with Crippen molar-refractivity contribution in [3.8, 4) is 0 Å². The summed E-state index contributed by atoms with van der Waals surface area (Å²) in [6, 6.07) is 15.7. The standard InChI is InChI=1S/C21H19BrN6O2/c1-13-3-5-15(6-4-13)12-28-17-18(27(2)21(30)25-19(17)29)24-20(28)26-23-11-14-7-9-16(22)10-8-14/h3-11H,12H2,1-2H3,(H,24,26)(H,25,29,30)/b23-11-. The van der Waals surface area contributed by atoms with Crippen molar-refractivity contribution in [1.82, 2.24) is 19.1 Å². The van der Waals surface area contributed by atoms with Gasteiger partial charge in [-0.15, -0.1) is 0 Å². The van der Waals surface area contributed by atoms with Crippen molar-refractivity contribution in [3.63, 3.8) is 0 Å². The Balaban J connectivity index is 1.77. The van der Waals surface area contributed by atoms with Crippen molar-refractivity contribution in [2.75, 3.05) is 5.43 Å². The summed E-state index contributed by atoms with van der Waals surface area (Å²) in [5.74, 6) is 0.366. The number of hydrogen-bond donors (Lipinski definition) is 2. The van der Waals surface area contributed by atoms with Gasteiger partial charge in [0.1, 0.15) is 0 Å². The van der Waals surface area contributed by atoms with E-state index in [0.29, 0.717) is 18.0 Å². The number of hydrazone groups is 1. The predicted octanol–water partition coefficient (Wildman–Crippen LogP) is 2.99. The van der Waals surface area contributed by atoms with Gasteiger partial charge in [0.2, 0.25) is 5.95 Å². The van der Waals surface area contributed by atoms with Gasteiger partial charge >= 0.3 is 5.69 Å². The summed E-state index contributed by atoms with van der Waals surface area (Å²) in [6.45, 7) is 2.41. The van der Waals surface area contributed by atoms with Crippen LogP contribution in [0.25, 0.3) is 11.2 Å². The van der Waals surface area contributed by atoms with Crippen LogP contribution in [0, 0.1) is 6.92 Å². The average Bonchev–Trinajstić information content (AvgIpc) is 3.08. The summed E-state index contributed by atoms with van der Waals surface area (Å²) in [7, 11) is 1.57. The number of aryl methyl sites for hydroxylation is 2. The molecule has 30 heavy (non-hydrogen) atoms. The molecule has 9 heteroatoms. The normalized spacial score (nSPS) is 11.4. The van der Waals surface area contributed by atoms with Crippen molar-refractivity contribution in [1.29, 1.82) is 0 Å². The number of anilines is 1. The Kier molecular flexibility index (Phi) is 5.37. The van der Waals surface area contributed by atoms with Gasteiger partial charge in [-0.1, -0.05) is 57.9 Å². The minimum absolute atomic E-state index is 0.289. The van der Waals surface area contributed by atoms with Gasteiger partial charge < -0.3 is 0 Å². The Bertz CT molecular complexity index is 1350. The van der Waals surface area contributed by atoms with Crippen molar-refractivity contribution in [2.45, 2.75) is 13.5 Å². The molecule has 0 fully saturated rings. The number of hydrogen-bond acceptors (Lipinski definition) is 5. The molecule has 4 aromatic rings. The fraction of sp³-hybridized carbons (Fsp3) is 0.143. The average molecular weight is 467 g/mol. The van der Waals surface area contributed by atoms with Gasteiger partial charge in [0.05, 0.1) is 12.8 Å². The molecule has 0 saturated carbocycles. The lowest BCUT2D eigenvalue weighted by atomic mass is 10.1. The summed E-state index contributed by atoms with van der Waals surface area (Å²) in [6.07, 6.45) is 1.66. The van der Waals surface area contributed by atoms with Crippen LogP contribution in [0.3, 0.4) is 0 Å². The van der Waals surface area contributed by atoms with E-state index in [0.717, 1.165) is 21.2 Å². The number of halogens is 1. The Labute approximate surface area is 180 Å². The van der Waals surface area contributed by atoms with Crippen LogP contribution in [0.2, 0.25) is 0 Å². The molecular formula is C21H19BrN6O2. The monoisotopic (exact) mass is 466 g/mol. The third-order valence-electron chi connectivity index (χ3n) is 4.72. The highest BCUT2D eigenvalue weighted by Gasteiger charge is 2.17. The van der Waals surface area contributed by atoms with Crippen molar-refractivity contribution in [3.05, 3.63) is 90.5 Å². The first-order chi connectivity index (χ1) is 14.4. The van der Waals surface area contributed by atoms with Crippen LogP contribution in [0.1, 0.15) is 16.7 Å². The molecule has 0 aliphatic heterocycles. The highest BCUT2D eigenvalue weighted by molar-refractivity contribution is 9.10. The maximum Gasteiger partial charge on any atom is 0.329 e.